The van der Waals surface area contributed by atoms with Crippen LogP contribution in [0.1, 0.15) is 15.9 Å². The van der Waals surface area contributed by atoms with E-state index < -0.39 is 17.7 Å². The Bertz CT molecular complexity index is 1150. The smallest absolute Gasteiger partial charge is 0.418 e. The average molecular weight is 361 g/mol. The fourth-order valence-electron chi connectivity index (χ4n) is 2.64. The molecule has 0 spiro atoms. The third kappa shape index (κ3) is 2.61. The molecule has 0 aliphatic carbocycles. The highest BCUT2D eigenvalue weighted by Gasteiger charge is 2.33. The van der Waals surface area contributed by atoms with Crippen LogP contribution in [0.3, 0.4) is 0 Å². The van der Waals surface area contributed by atoms with Crippen molar-refractivity contribution in [2.75, 3.05) is 5.32 Å². The Balaban J connectivity index is 1.74. The Morgan fingerprint density at radius 2 is 1.92 bits per heavy atom. The van der Waals surface area contributed by atoms with E-state index in [4.69, 9.17) is 5.11 Å². The minimum Gasteiger partial charge on any atom is -0.478 e. The number of para-hydroxylation sites is 1. The summed E-state index contributed by atoms with van der Waals surface area (Å²) in [6.07, 6.45) is -4.50. The molecule has 3 N–H and O–H groups in total. The second-order valence-corrected chi connectivity index (χ2v) is 5.50. The van der Waals surface area contributed by atoms with Crippen LogP contribution in [0.5, 0.6) is 0 Å². The fraction of sp³-hybridized carbons (Fsp3) is 0.0625. The number of fused-ring (bicyclic) bond motifs is 3. The van der Waals surface area contributed by atoms with Gasteiger partial charge in [-0.1, -0.05) is 12.1 Å². The zero-order valence-electron chi connectivity index (χ0n) is 12.9. The molecule has 0 aliphatic rings. The lowest BCUT2D eigenvalue weighted by Gasteiger charge is -2.12. The van der Waals surface area contributed by atoms with Crippen molar-refractivity contribution in [2.45, 2.75) is 6.18 Å². The summed E-state index contributed by atoms with van der Waals surface area (Å²) in [6, 6.07) is 9.40. The van der Waals surface area contributed by atoms with Crippen LogP contribution in [0.25, 0.3) is 16.8 Å². The molecule has 2 heterocycles. The highest BCUT2D eigenvalue weighted by Crippen LogP contribution is 2.35. The second kappa shape index (κ2) is 5.48. The van der Waals surface area contributed by atoms with Crippen molar-refractivity contribution in [3.8, 4) is 0 Å². The van der Waals surface area contributed by atoms with Gasteiger partial charge in [-0.25, -0.2) is 14.3 Å². The van der Waals surface area contributed by atoms with Crippen LogP contribution in [0.2, 0.25) is 0 Å². The van der Waals surface area contributed by atoms with Gasteiger partial charge in [0.15, 0.2) is 0 Å². The number of imidazole rings is 1. The van der Waals surface area contributed by atoms with E-state index in [9.17, 15) is 18.0 Å². The van der Waals surface area contributed by atoms with E-state index in [1.54, 1.807) is 6.07 Å². The van der Waals surface area contributed by atoms with Gasteiger partial charge in [-0.05, 0) is 30.3 Å². The Morgan fingerprint density at radius 1 is 1.15 bits per heavy atom. The van der Waals surface area contributed by atoms with Crippen molar-refractivity contribution in [1.29, 1.82) is 0 Å². The number of aromatic nitrogens is 4. The first-order valence-corrected chi connectivity index (χ1v) is 7.38. The van der Waals surface area contributed by atoms with E-state index in [1.807, 2.05) is 0 Å². The lowest BCUT2D eigenvalue weighted by atomic mass is 10.1. The molecule has 0 radical (unpaired) electrons. The van der Waals surface area contributed by atoms with Crippen LogP contribution >= 0.6 is 0 Å². The maximum Gasteiger partial charge on any atom is 0.418 e. The zero-order chi connectivity index (χ0) is 18.5. The van der Waals surface area contributed by atoms with Crippen LogP contribution in [0.15, 0.2) is 42.5 Å². The van der Waals surface area contributed by atoms with Gasteiger partial charge in [0.1, 0.15) is 0 Å². The molecule has 10 heteroatoms. The fourth-order valence-corrected chi connectivity index (χ4v) is 2.64. The minimum atomic E-state index is -4.50. The average Bonchev–Trinajstić information content (AvgIpc) is 3.10. The number of H-pyrrole nitrogens is 1. The number of hydrogen-bond acceptors (Lipinski definition) is 4. The molecular weight excluding hydrogens is 351 g/mol. The van der Waals surface area contributed by atoms with Crippen molar-refractivity contribution < 1.29 is 23.1 Å². The highest BCUT2D eigenvalue weighted by atomic mass is 19.4. The van der Waals surface area contributed by atoms with Gasteiger partial charge in [-0.15, -0.1) is 0 Å². The predicted octanol–water partition coefficient (Wildman–Crippen LogP) is 3.67. The van der Waals surface area contributed by atoms with Crippen molar-refractivity contribution in [3.63, 3.8) is 0 Å². The van der Waals surface area contributed by atoms with Crippen molar-refractivity contribution >= 4 is 34.4 Å². The van der Waals surface area contributed by atoms with Crippen molar-refractivity contribution in [1.82, 2.24) is 19.6 Å². The Labute approximate surface area is 143 Å². The Hall–Kier alpha value is -3.56. The number of aromatic amines is 1. The molecule has 4 rings (SSSR count). The van der Waals surface area contributed by atoms with Crippen LogP contribution in [-0.4, -0.2) is 30.7 Å². The molecule has 132 valence electrons. The quantitative estimate of drug-likeness (QED) is 0.517. The number of carboxylic acid groups (broad SMARTS) is 1. The van der Waals surface area contributed by atoms with Gasteiger partial charge in [0.25, 0.3) is 5.78 Å². The van der Waals surface area contributed by atoms with Crippen molar-refractivity contribution in [2.24, 2.45) is 0 Å². The van der Waals surface area contributed by atoms with Gasteiger partial charge in [-0.2, -0.15) is 18.2 Å². The number of aromatic carboxylic acids is 1. The van der Waals surface area contributed by atoms with Crippen LogP contribution in [-0.2, 0) is 6.18 Å². The molecule has 0 saturated heterocycles. The van der Waals surface area contributed by atoms with Crippen LogP contribution in [0, 0.1) is 0 Å². The lowest BCUT2D eigenvalue weighted by molar-refractivity contribution is -0.136. The number of halogens is 3. The molecule has 2 aromatic carbocycles. The predicted molar refractivity (Wildman–Crippen MR) is 86.5 cm³/mol. The van der Waals surface area contributed by atoms with Crippen molar-refractivity contribution in [3.05, 3.63) is 53.6 Å². The molecular formula is C16H10F3N5O2. The normalized spacial score (nSPS) is 12.0. The van der Waals surface area contributed by atoms with Gasteiger partial charge in [0.2, 0.25) is 5.95 Å². The molecule has 0 amide bonds. The van der Waals surface area contributed by atoms with Gasteiger partial charge < -0.3 is 10.4 Å². The third-order valence-corrected chi connectivity index (χ3v) is 3.80. The summed E-state index contributed by atoms with van der Waals surface area (Å²) in [6.45, 7) is 0. The Morgan fingerprint density at radius 3 is 2.65 bits per heavy atom. The largest absolute Gasteiger partial charge is 0.478 e. The number of nitrogens with zero attached hydrogens (tertiary/aromatic N) is 3. The third-order valence-electron chi connectivity index (χ3n) is 3.80. The maximum atomic E-state index is 13.1. The number of anilines is 2. The van der Waals surface area contributed by atoms with E-state index in [0.29, 0.717) is 11.0 Å². The monoisotopic (exact) mass is 361 g/mol. The van der Waals surface area contributed by atoms with E-state index in [1.165, 1.54) is 34.8 Å². The van der Waals surface area contributed by atoms with Crippen LogP contribution < -0.4 is 5.32 Å². The first kappa shape index (κ1) is 15.9. The van der Waals surface area contributed by atoms with E-state index in [2.05, 4.69) is 20.4 Å². The SMILES string of the molecule is O=C(O)c1ccc2c(c1)nc1nc(Nc3ccccc3C(F)(F)F)[nH]n12. The number of benzene rings is 2. The summed E-state index contributed by atoms with van der Waals surface area (Å²) in [7, 11) is 0. The molecule has 0 aliphatic heterocycles. The van der Waals surface area contributed by atoms with Gasteiger partial charge in [0.05, 0.1) is 27.8 Å². The summed E-state index contributed by atoms with van der Waals surface area (Å²) >= 11 is 0. The molecule has 7 nitrogen and oxygen atoms in total. The first-order valence-electron chi connectivity index (χ1n) is 7.38. The molecule has 0 unspecified atom stereocenters. The van der Waals surface area contributed by atoms with Gasteiger partial charge in [0, 0.05) is 0 Å². The number of nitrogens with one attached hydrogen (secondary N) is 2. The zero-order valence-corrected chi connectivity index (χ0v) is 12.9. The molecule has 26 heavy (non-hydrogen) atoms. The summed E-state index contributed by atoms with van der Waals surface area (Å²) in [5, 5.41) is 14.4. The van der Waals surface area contributed by atoms with Gasteiger partial charge in [-0.3, -0.25) is 5.10 Å². The number of alkyl halides is 3. The van der Waals surface area contributed by atoms with E-state index in [-0.39, 0.29) is 23.0 Å². The summed E-state index contributed by atoms with van der Waals surface area (Å²) in [5.41, 5.74) is 0.0794. The van der Waals surface area contributed by atoms with E-state index in [0.717, 1.165) is 6.07 Å². The summed E-state index contributed by atoms with van der Waals surface area (Å²) < 4.78 is 40.7. The topological polar surface area (TPSA) is 95.3 Å². The summed E-state index contributed by atoms with van der Waals surface area (Å²) in [4.78, 5) is 19.3. The molecule has 4 aromatic rings. The number of hydrogen-bond donors (Lipinski definition) is 3. The minimum absolute atomic E-state index is 0.0772. The lowest BCUT2D eigenvalue weighted by Crippen LogP contribution is -2.09. The number of carboxylic acids is 1. The maximum absolute atomic E-state index is 13.1. The first-order chi connectivity index (χ1) is 12.3. The molecule has 0 saturated carbocycles. The highest BCUT2D eigenvalue weighted by molar-refractivity contribution is 5.93. The summed E-state index contributed by atoms with van der Waals surface area (Å²) in [5.74, 6) is -0.800. The standard InChI is InChI=1S/C16H10F3N5O2/c17-16(18,19)9-3-1-2-4-10(9)20-14-22-15-21-11-7-8(13(25)26)5-6-12(11)24(15)23-14/h1-7H,(H,25,26)(H2,20,21,22,23). The van der Waals surface area contributed by atoms with Crippen LogP contribution in [0.4, 0.5) is 24.8 Å². The Kier molecular flexibility index (Phi) is 3.36. The number of carbonyl (C=O) groups is 1. The molecule has 0 atom stereocenters. The molecule has 0 bridgehead atoms. The van der Waals surface area contributed by atoms with Gasteiger partial charge >= 0.3 is 12.1 Å². The number of rotatable bonds is 3. The molecule has 0 fully saturated rings. The molecule has 2 aromatic heterocycles. The second-order valence-electron chi connectivity index (χ2n) is 5.50. The van der Waals surface area contributed by atoms with E-state index >= 15 is 0 Å².